The second-order valence-corrected chi connectivity index (χ2v) is 8.20. The third kappa shape index (κ3) is 5.31. The van der Waals surface area contributed by atoms with E-state index in [0.717, 1.165) is 11.1 Å². The quantitative estimate of drug-likeness (QED) is 0.616. The van der Waals surface area contributed by atoms with Crippen LogP contribution in [0.1, 0.15) is 31.9 Å². The zero-order valence-corrected chi connectivity index (χ0v) is 14.1. The maximum absolute atomic E-state index is 11.3. The average Bonchev–Trinajstić information content (AvgIpc) is 2.23. The predicted molar refractivity (Wildman–Crippen MR) is 80.2 cm³/mol. The fourth-order valence-corrected chi connectivity index (χ4v) is 2.67. The van der Waals surface area contributed by atoms with Gasteiger partial charge in [0, 0.05) is 10.7 Å². The van der Waals surface area contributed by atoms with Crippen LogP contribution in [0, 0.1) is 13.8 Å². The van der Waals surface area contributed by atoms with E-state index < -0.39 is 9.05 Å². The molecule has 0 radical (unpaired) electrons. The fraction of sp³-hybridized carbons (Fsp3) is 0.571. The Morgan fingerprint density at radius 3 is 2.00 bits per heavy atom. The summed E-state index contributed by atoms with van der Waals surface area (Å²) in [6.45, 7) is 10.4. The predicted octanol–water partition coefficient (Wildman–Crippen LogP) is 3.42. The summed E-state index contributed by atoms with van der Waals surface area (Å²) >= 11 is 0. The molecule has 114 valence electrons. The molecule has 6 heteroatoms. The number of hydrogen-bond donors (Lipinski definition) is 0. The third-order valence-corrected chi connectivity index (χ3v) is 3.91. The van der Waals surface area contributed by atoms with Gasteiger partial charge in [0.1, 0.15) is 12.4 Å². The lowest BCUT2D eigenvalue weighted by atomic mass is 10.1. The molecule has 1 aromatic carbocycles. The average molecular weight is 321 g/mol. The molecule has 0 aliphatic heterocycles. The van der Waals surface area contributed by atoms with Gasteiger partial charge in [-0.3, -0.25) is 0 Å². The molecule has 0 bridgehead atoms. The largest absolute Gasteiger partial charge is 0.491 e. The van der Waals surface area contributed by atoms with Gasteiger partial charge in [-0.05, 0) is 57.9 Å². The molecule has 0 fully saturated rings. The van der Waals surface area contributed by atoms with Gasteiger partial charge in [0.15, 0.2) is 0 Å². The third-order valence-electron chi connectivity index (χ3n) is 2.58. The van der Waals surface area contributed by atoms with E-state index in [1.165, 1.54) is 12.1 Å². The van der Waals surface area contributed by atoms with E-state index in [1.54, 1.807) is 13.8 Å². The van der Waals surface area contributed by atoms with Gasteiger partial charge in [0.05, 0.1) is 17.1 Å². The van der Waals surface area contributed by atoms with Gasteiger partial charge in [-0.2, -0.15) is 0 Å². The molecule has 0 unspecified atom stereocenters. The normalized spacial score (nSPS) is 12.5. The first-order valence-electron chi connectivity index (χ1n) is 6.33. The van der Waals surface area contributed by atoms with Crippen molar-refractivity contribution in [3.05, 3.63) is 23.3 Å². The lowest BCUT2D eigenvalue weighted by Gasteiger charge is -2.20. The van der Waals surface area contributed by atoms with Crippen LogP contribution in [-0.2, 0) is 13.8 Å². The molecule has 1 rings (SSSR count). The minimum atomic E-state index is -3.72. The highest BCUT2D eigenvalue weighted by Crippen LogP contribution is 2.28. The zero-order chi connectivity index (χ0) is 15.6. The minimum absolute atomic E-state index is 0.0902. The van der Waals surface area contributed by atoms with Crippen molar-refractivity contribution in [1.29, 1.82) is 0 Å². The maximum Gasteiger partial charge on any atom is 0.261 e. The van der Waals surface area contributed by atoms with Crippen LogP contribution in [0.2, 0.25) is 0 Å². The lowest BCUT2D eigenvalue weighted by Crippen LogP contribution is -2.22. The molecule has 0 heterocycles. The Bertz CT molecular complexity index is 550. The van der Waals surface area contributed by atoms with Crippen molar-refractivity contribution in [2.24, 2.45) is 0 Å². The van der Waals surface area contributed by atoms with E-state index in [-0.39, 0.29) is 10.5 Å². The standard InChI is InChI=1S/C14H21ClO4S/c1-10-8-12(20(15,16)17)9-11(2)13(10)18-6-7-19-14(3,4)5/h8-9H,6-7H2,1-5H3. The van der Waals surface area contributed by atoms with Crippen LogP contribution in [-0.4, -0.2) is 27.2 Å². The SMILES string of the molecule is Cc1cc(S(=O)(=O)Cl)cc(C)c1OCCOC(C)(C)C. The van der Waals surface area contributed by atoms with Gasteiger partial charge >= 0.3 is 0 Å². The van der Waals surface area contributed by atoms with Gasteiger partial charge < -0.3 is 9.47 Å². The van der Waals surface area contributed by atoms with Crippen molar-refractivity contribution in [2.45, 2.75) is 45.1 Å². The second-order valence-electron chi connectivity index (χ2n) is 5.63. The van der Waals surface area contributed by atoms with Crippen LogP contribution in [0.3, 0.4) is 0 Å². The molecule has 0 aliphatic carbocycles. The Balaban J connectivity index is 2.78. The van der Waals surface area contributed by atoms with Gasteiger partial charge in [-0.25, -0.2) is 8.42 Å². The topological polar surface area (TPSA) is 52.6 Å². The van der Waals surface area contributed by atoms with E-state index in [2.05, 4.69) is 0 Å². The van der Waals surface area contributed by atoms with Crippen molar-refractivity contribution in [1.82, 2.24) is 0 Å². The highest BCUT2D eigenvalue weighted by molar-refractivity contribution is 8.13. The molecule has 0 saturated carbocycles. The second kappa shape index (κ2) is 6.33. The summed E-state index contributed by atoms with van der Waals surface area (Å²) in [6, 6.07) is 3.02. The Morgan fingerprint density at radius 2 is 1.60 bits per heavy atom. The summed E-state index contributed by atoms with van der Waals surface area (Å²) in [5.74, 6) is 0.673. The maximum atomic E-state index is 11.3. The number of aryl methyl sites for hydroxylation is 2. The van der Waals surface area contributed by atoms with Crippen molar-refractivity contribution >= 4 is 19.7 Å². The Hall–Kier alpha value is -0.780. The summed E-state index contributed by atoms with van der Waals surface area (Å²) in [7, 11) is 1.63. The van der Waals surface area contributed by atoms with Crippen LogP contribution < -0.4 is 4.74 Å². The summed E-state index contributed by atoms with van der Waals surface area (Å²) < 4.78 is 33.9. The Labute approximate surface area is 125 Å². The van der Waals surface area contributed by atoms with Crippen molar-refractivity contribution in [3.63, 3.8) is 0 Å². The Kier molecular flexibility index (Phi) is 5.46. The Morgan fingerprint density at radius 1 is 1.10 bits per heavy atom. The first-order chi connectivity index (χ1) is 9.00. The molecule has 0 atom stereocenters. The van der Waals surface area contributed by atoms with Gasteiger partial charge in [-0.15, -0.1) is 0 Å². The van der Waals surface area contributed by atoms with Crippen LogP contribution in [0.15, 0.2) is 17.0 Å². The number of ether oxygens (including phenoxy) is 2. The summed E-state index contributed by atoms with van der Waals surface area (Å²) in [5.41, 5.74) is 1.27. The minimum Gasteiger partial charge on any atom is -0.491 e. The molecule has 0 aromatic heterocycles. The van der Waals surface area contributed by atoms with E-state index >= 15 is 0 Å². The summed E-state index contributed by atoms with van der Waals surface area (Å²) in [5, 5.41) is 0. The molecule has 0 amide bonds. The molecule has 4 nitrogen and oxygen atoms in total. The molecule has 0 saturated heterocycles. The van der Waals surface area contributed by atoms with Gasteiger partial charge in [0.25, 0.3) is 9.05 Å². The first kappa shape index (κ1) is 17.3. The van der Waals surface area contributed by atoms with Crippen LogP contribution >= 0.6 is 10.7 Å². The van der Waals surface area contributed by atoms with E-state index in [1.807, 2.05) is 20.8 Å². The molecule has 1 aromatic rings. The van der Waals surface area contributed by atoms with Gasteiger partial charge in [0.2, 0.25) is 0 Å². The molecule has 0 spiro atoms. The molecule has 0 N–H and O–H groups in total. The zero-order valence-electron chi connectivity index (χ0n) is 12.5. The smallest absolute Gasteiger partial charge is 0.261 e. The monoisotopic (exact) mass is 320 g/mol. The number of rotatable bonds is 5. The molecule has 0 aliphatic rings. The van der Waals surface area contributed by atoms with E-state index in [9.17, 15) is 8.42 Å². The molecular weight excluding hydrogens is 300 g/mol. The summed E-state index contributed by atoms with van der Waals surface area (Å²) in [6.07, 6.45) is 0. The highest BCUT2D eigenvalue weighted by atomic mass is 35.7. The summed E-state index contributed by atoms with van der Waals surface area (Å²) in [4.78, 5) is 0.0902. The van der Waals surface area contributed by atoms with E-state index in [4.69, 9.17) is 20.2 Å². The fourth-order valence-electron chi connectivity index (χ4n) is 1.77. The van der Waals surface area contributed by atoms with Crippen LogP contribution in [0.4, 0.5) is 0 Å². The van der Waals surface area contributed by atoms with Crippen molar-refractivity contribution in [2.75, 3.05) is 13.2 Å². The van der Waals surface area contributed by atoms with E-state index in [0.29, 0.717) is 19.0 Å². The molecule has 20 heavy (non-hydrogen) atoms. The highest BCUT2D eigenvalue weighted by Gasteiger charge is 2.15. The molecular formula is C14H21ClO4S. The number of hydrogen-bond acceptors (Lipinski definition) is 4. The first-order valence-corrected chi connectivity index (χ1v) is 8.64. The van der Waals surface area contributed by atoms with Crippen LogP contribution in [0.5, 0.6) is 5.75 Å². The number of halogens is 1. The lowest BCUT2D eigenvalue weighted by molar-refractivity contribution is -0.0164. The van der Waals surface area contributed by atoms with Crippen molar-refractivity contribution in [3.8, 4) is 5.75 Å². The van der Waals surface area contributed by atoms with Crippen LogP contribution in [0.25, 0.3) is 0 Å². The number of benzene rings is 1. The van der Waals surface area contributed by atoms with Gasteiger partial charge in [-0.1, -0.05) is 0 Å². The van der Waals surface area contributed by atoms with Crippen molar-refractivity contribution < 1.29 is 17.9 Å².